The number of benzene rings is 1. The standard InChI is InChI=1S/C16H14N4OS/c1-12-9-17-16(22-12)19-15(21)8-7-13-10-18-20(11-13)14-5-3-2-4-6-14/h2-11H,1H3,(H,17,19,21). The summed E-state index contributed by atoms with van der Waals surface area (Å²) in [4.78, 5) is 17.0. The maximum absolute atomic E-state index is 11.8. The van der Waals surface area contributed by atoms with Crippen molar-refractivity contribution in [3.8, 4) is 5.69 Å². The van der Waals surface area contributed by atoms with Crippen LogP contribution in [0.2, 0.25) is 0 Å². The van der Waals surface area contributed by atoms with Gasteiger partial charge in [0.05, 0.1) is 11.9 Å². The Bertz CT molecular complexity index is 804. The lowest BCUT2D eigenvalue weighted by Gasteiger charge is -1.98. The number of para-hydroxylation sites is 1. The maximum atomic E-state index is 11.8. The van der Waals surface area contributed by atoms with Gasteiger partial charge in [0.2, 0.25) is 5.91 Å². The quantitative estimate of drug-likeness (QED) is 0.752. The predicted molar refractivity (Wildman–Crippen MR) is 88.1 cm³/mol. The highest BCUT2D eigenvalue weighted by molar-refractivity contribution is 7.15. The van der Waals surface area contributed by atoms with Crippen molar-refractivity contribution in [2.75, 3.05) is 5.32 Å². The number of aromatic nitrogens is 3. The zero-order valence-corrected chi connectivity index (χ0v) is 12.7. The minimum absolute atomic E-state index is 0.207. The Morgan fingerprint density at radius 3 is 2.82 bits per heavy atom. The van der Waals surface area contributed by atoms with Crippen LogP contribution in [-0.2, 0) is 4.79 Å². The molecule has 0 radical (unpaired) electrons. The van der Waals surface area contributed by atoms with Gasteiger partial charge in [-0.25, -0.2) is 9.67 Å². The highest BCUT2D eigenvalue weighted by Crippen LogP contribution is 2.16. The summed E-state index contributed by atoms with van der Waals surface area (Å²) in [6.07, 6.45) is 8.51. The number of rotatable bonds is 4. The molecule has 0 atom stereocenters. The number of aryl methyl sites for hydroxylation is 1. The third-order valence-electron chi connectivity index (χ3n) is 2.90. The fourth-order valence-corrected chi connectivity index (χ4v) is 2.54. The van der Waals surface area contributed by atoms with Gasteiger partial charge in [-0.15, -0.1) is 11.3 Å². The summed E-state index contributed by atoms with van der Waals surface area (Å²) < 4.78 is 1.77. The Morgan fingerprint density at radius 1 is 1.27 bits per heavy atom. The molecule has 3 aromatic rings. The molecule has 0 fully saturated rings. The van der Waals surface area contributed by atoms with Crippen molar-refractivity contribution in [3.63, 3.8) is 0 Å². The first-order valence-electron chi connectivity index (χ1n) is 6.72. The number of amides is 1. The van der Waals surface area contributed by atoms with Crippen LogP contribution in [0.3, 0.4) is 0 Å². The van der Waals surface area contributed by atoms with E-state index in [-0.39, 0.29) is 5.91 Å². The molecule has 22 heavy (non-hydrogen) atoms. The fourth-order valence-electron chi connectivity index (χ4n) is 1.88. The lowest BCUT2D eigenvalue weighted by atomic mass is 10.3. The van der Waals surface area contributed by atoms with Crippen LogP contribution in [0.1, 0.15) is 10.4 Å². The summed E-state index contributed by atoms with van der Waals surface area (Å²) in [5, 5.41) is 7.60. The average Bonchev–Trinajstić information content (AvgIpc) is 3.15. The highest BCUT2D eigenvalue weighted by atomic mass is 32.1. The molecule has 0 saturated carbocycles. The van der Waals surface area contributed by atoms with Gasteiger partial charge < -0.3 is 0 Å². The predicted octanol–water partition coefficient (Wildman–Crippen LogP) is 3.29. The number of hydrogen-bond acceptors (Lipinski definition) is 4. The molecule has 3 rings (SSSR count). The van der Waals surface area contributed by atoms with E-state index in [0.29, 0.717) is 5.13 Å². The zero-order chi connectivity index (χ0) is 15.4. The Balaban J connectivity index is 1.66. The second-order valence-electron chi connectivity index (χ2n) is 4.65. The summed E-state index contributed by atoms with van der Waals surface area (Å²) in [7, 11) is 0. The topological polar surface area (TPSA) is 59.8 Å². The smallest absolute Gasteiger partial charge is 0.250 e. The van der Waals surface area contributed by atoms with Gasteiger partial charge in [0.15, 0.2) is 5.13 Å². The van der Waals surface area contributed by atoms with Crippen LogP contribution >= 0.6 is 11.3 Å². The largest absolute Gasteiger partial charge is 0.298 e. The van der Waals surface area contributed by atoms with E-state index < -0.39 is 0 Å². The van der Waals surface area contributed by atoms with Gasteiger partial charge in [-0.3, -0.25) is 10.1 Å². The minimum Gasteiger partial charge on any atom is -0.298 e. The summed E-state index contributed by atoms with van der Waals surface area (Å²) in [6.45, 7) is 1.95. The fraction of sp³-hybridized carbons (Fsp3) is 0.0625. The molecule has 6 heteroatoms. The maximum Gasteiger partial charge on any atom is 0.250 e. The zero-order valence-electron chi connectivity index (χ0n) is 11.9. The van der Waals surface area contributed by atoms with E-state index in [9.17, 15) is 4.79 Å². The summed E-state index contributed by atoms with van der Waals surface area (Å²) in [6, 6.07) is 9.81. The molecule has 1 amide bonds. The number of carbonyl (C=O) groups excluding carboxylic acids is 1. The molecule has 2 aromatic heterocycles. The van der Waals surface area contributed by atoms with Gasteiger partial charge in [0.1, 0.15) is 0 Å². The number of carbonyl (C=O) groups is 1. The highest BCUT2D eigenvalue weighted by Gasteiger charge is 2.02. The van der Waals surface area contributed by atoms with E-state index in [2.05, 4.69) is 15.4 Å². The molecule has 0 aliphatic rings. The van der Waals surface area contributed by atoms with E-state index in [1.54, 1.807) is 23.2 Å². The lowest BCUT2D eigenvalue weighted by molar-refractivity contribution is -0.111. The van der Waals surface area contributed by atoms with Crippen molar-refractivity contribution in [2.45, 2.75) is 6.92 Å². The molecule has 2 heterocycles. The van der Waals surface area contributed by atoms with Gasteiger partial charge in [0.25, 0.3) is 0 Å². The second kappa shape index (κ2) is 6.36. The van der Waals surface area contributed by atoms with E-state index in [1.165, 1.54) is 17.4 Å². The second-order valence-corrected chi connectivity index (χ2v) is 5.89. The van der Waals surface area contributed by atoms with E-state index in [4.69, 9.17) is 0 Å². The monoisotopic (exact) mass is 310 g/mol. The SMILES string of the molecule is Cc1cnc(NC(=O)C=Cc2cnn(-c3ccccc3)c2)s1. The van der Waals surface area contributed by atoms with E-state index in [0.717, 1.165) is 16.1 Å². The Labute approximate surface area is 131 Å². The molecule has 0 aliphatic carbocycles. The summed E-state index contributed by atoms with van der Waals surface area (Å²) in [5.41, 5.74) is 1.83. The van der Waals surface area contributed by atoms with E-state index >= 15 is 0 Å². The Hall–Kier alpha value is -2.73. The van der Waals surface area contributed by atoms with Crippen molar-refractivity contribution in [3.05, 3.63) is 65.4 Å². The first-order valence-corrected chi connectivity index (χ1v) is 7.54. The molecular formula is C16H14N4OS. The van der Waals surface area contributed by atoms with Crippen molar-refractivity contribution in [1.82, 2.24) is 14.8 Å². The van der Waals surface area contributed by atoms with Crippen LogP contribution < -0.4 is 5.32 Å². The van der Waals surface area contributed by atoms with Crippen LogP contribution in [0, 0.1) is 6.92 Å². The third kappa shape index (κ3) is 3.48. The lowest BCUT2D eigenvalue weighted by Crippen LogP contribution is -2.06. The Kier molecular flexibility index (Phi) is 4.11. The number of thiazole rings is 1. The van der Waals surface area contributed by atoms with Crippen LogP contribution in [0.5, 0.6) is 0 Å². The minimum atomic E-state index is -0.207. The normalized spacial score (nSPS) is 11.0. The third-order valence-corrected chi connectivity index (χ3v) is 3.73. The Morgan fingerprint density at radius 2 is 2.09 bits per heavy atom. The molecule has 1 aromatic carbocycles. The van der Waals surface area contributed by atoms with Crippen molar-refractivity contribution >= 4 is 28.5 Å². The molecule has 110 valence electrons. The molecular weight excluding hydrogens is 296 g/mol. The van der Waals surface area contributed by atoms with Gasteiger partial charge in [-0.1, -0.05) is 18.2 Å². The van der Waals surface area contributed by atoms with Gasteiger partial charge in [-0.2, -0.15) is 5.10 Å². The van der Waals surface area contributed by atoms with Crippen LogP contribution in [-0.4, -0.2) is 20.7 Å². The van der Waals surface area contributed by atoms with Crippen LogP contribution in [0.4, 0.5) is 5.13 Å². The number of anilines is 1. The molecule has 1 N–H and O–H groups in total. The average molecular weight is 310 g/mol. The molecule has 0 spiro atoms. The van der Waals surface area contributed by atoms with Crippen molar-refractivity contribution in [1.29, 1.82) is 0 Å². The number of nitrogens with one attached hydrogen (secondary N) is 1. The van der Waals surface area contributed by atoms with E-state index in [1.807, 2.05) is 43.5 Å². The van der Waals surface area contributed by atoms with Gasteiger partial charge in [0, 0.05) is 28.9 Å². The molecule has 0 aliphatic heterocycles. The van der Waals surface area contributed by atoms with Crippen LogP contribution in [0.25, 0.3) is 11.8 Å². The number of nitrogens with zero attached hydrogens (tertiary/aromatic N) is 3. The first-order chi connectivity index (χ1) is 10.7. The molecule has 5 nitrogen and oxygen atoms in total. The number of hydrogen-bond donors (Lipinski definition) is 1. The summed E-state index contributed by atoms with van der Waals surface area (Å²) in [5.74, 6) is -0.207. The molecule has 0 bridgehead atoms. The first kappa shape index (κ1) is 14.2. The van der Waals surface area contributed by atoms with Gasteiger partial charge in [-0.05, 0) is 25.1 Å². The van der Waals surface area contributed by atoms with Crippen molar-refractivity contribution < 1.29 is 4.79 Å². The van der Waals surface area contributed by atoms with Crippen molar-refractivity contribution in [2.24, 2.45) is 0 Å². The summed E-state index contributed by atoms with van der Waals surface area (Å²) >= 11 is 1.45. The van der Waals surface area contributed by atoms with Crippen LogP contribution in [0.15, 0.2) is 55.0 Å². The van der Waals surface area contributed by atoms with Gasteiger partial charge >= 0.3 is 0 Å². The molecule has 0 unspecified atom stereocenters. The molecule has 0 saturated heterocycles.